The molecule has 1 unspecified atom stereocenters. The van der Waals surface area contributed by atoms with Crippen molar-refractivity contribution in [2.45, 2.75) is 24.6 Å². The fourth-order valence-electron chi connectivity index (χ4n) is 0.536. The maximum atomic E-state index is 10.8. The first-order chi connectivity index (χ1) is 4.04. The van der Waals surface area contributed by atoms with Crippen molar-refractivity contribution in [2.24, 2.45) is 5.73 Å². The van der Waals surface area contributed by atoms with E-state index in [9.17, 15) is 4.79 Å². The average molecular weight is 163 g/mol. The Morgan fingerprint density at radius 3 is 2.33 bits per heavy atom. The van der Waals surface area contributed by atoms with Gasteiger partial charge in [-0.1, -0.05) is 10.8 Å². The molecule has 1 rings (SSSR count). The lowest BCUT2D eigenvalue weighted by Gasteiger charge is -2.18. The quantitative estimate of drug-likeness (QED) is 0.541. The molecule has 1 aliphatic heterocycles. The highest BCUT2D eigenvalue weighted by Gasteiger charge is 2.40. The van der Waals surface area contributed by atoms with Gasteiger partial charge in [-0.3, -0.25) is 4.79 Å². The third-order valence-corrected chi connectivity index (χ3v) is 4.56. The summed E-state index contributed by atoms with van der Waals surface area (Å²) >= 11 is 0. The van der Waals surface area contributed by atoms with Crippen LogP contribution in [-0.2, 0) is 4.79 Å². The lowest BCUT2D eigenvalue weighted by molar-refractivity contribution is -0.112. The third kappa shape index (κ3) is 1.25. The normalized spacial score (nSPS) is 33.2. The standard InChI is InChI=1S/C5H9NOS2/c1-5(2)3(6)4(7)8-9-5/h3H,6H2,1-2H3. The van der Waals surface area contributed by atoms with E-state index in [4.69, 9.17) is 5.73 Å². The van der Waals surface area contributed by atoms with Crippen LogP contribution in [0.25, 0.3) is 0 Å². The second kappa shape index (κ2) is 2.18. The summed E-state index contributed by atoms with van der Waals surface area (Å²) < 4.78 is -0.0677. The Labute approximate surface area is 62.3 Å². The molecule has 0 aromatic rings. The predicted molar refractivity (Wildman–Crippen MR) is 42.2 cm³/mol. The molecule has 4 heteroatoms. The minimum atomic E-state index is -0.285. The predicted octanol–water partition coefficient (Wildman–Crippen LogP) is 1.01. The number of rotatable bonds is 0. The Kier molecular flexibility index (Phi) is 1.80. The SMILES string of the molecule is CC1(C)SSC(=O)C1N. The van der Waals surface area contributed by atoms with Crippen LogP contribution in [0.1, 0.15) is 13.8 Å². The van der Waals surface area contributed by atoms with Gasteiger partial charge >= 0.3 is 0 Å². The Morgan fingerprint density at radius 2 is 2.22 bits per heavy atom. The maximum Gasteiger partial charge on any atom is 0.217 e. The molecular formula is C5H9NOS2. The third-order valence-electron chi connectivity index (χ3n) is 1.34. The lowest BCUT2D eigenvalue weighted by Crippen LogP contribution is -2.40. The number of carbonyl (C=O) groups is 1. The molecule has 0 aromatic heterocycles. The zero-order chi connectivity index (χ0) is 7.07. The number of nitrogens with two attached hydrogens (primary N) is 1. The Balaban J connectivity index is 2.73. The van der Waals surface area contributed by atoms with Crippen LogP contribution < -0.4 is 5.73 Å². The molecule has 0 radical (unpaired) electrons. The highest BCUT2D eigenvalue weighted by atomic mass is 33.1. The zero-order valence-electron chi connectivity index (χ0n) is 5.38. The highest BCUT2D eigenvalue weighted by molar-refractivity contribution is 8.83. The van der Waals surface area contributed by atoms with Gasteiger partial charge in [0.05, 0.1) is 6.04 Å². The van der Waals surface area contributed by atoms with Gasteiger partial charge in [-0.05, 0) is 24.6 Å². The van der Waals surface area contributed by atoms with Crippen LogP contribution in [-0.4, -0.2) is 15.9 Å². The van der Waals surface area contributed by atoms with Gasteiger partial charge in [0.2, 0.25) is 5.12 Å². The van der Waals surface area contributed by atoms with E-state index < -0.39 is 0 Å². The van der Waals surface area contributed by atoms with Gasteiger partial charge in [0.1, 0.15) is 0 Å². The molecule has 2 N–H and O–H groups in total. The van der Waals surface area contributed by atoms with E-state index >= 15 is 0 Å². The van der Waals surface area contributed by atoms with Crippen LogP contribution >= 0.6 is 21.6 Å². The molecule has 2 nitrogen and oxygen atoms in total. The van der Waals surface area contributed by atoms with Crippen LogP contribution in [0.5, 0.6) is 0 Å². The molecule has 9 heavy (non-hydrogen) atoms. The van der Waals surface area contributed by atoms with Gasteiger partial charge in [0, 0.05) is 4.75 Å². The van der Waals surface area contributed by atoms with Gasteiger partial charge in [-0.25, -0.2) is 0 Å². The topological polar surface area (TPSA) is 43.1 Å². The second-order valence-electron chi connectivity index (χ2n) is 2.57. The van der Waals surface area contributed by atoms with E-state index in [-0.39, 0.29) is 15.9 Å². The monoisotopic (exact) mass is 163 g/mol. The Bertz CT molecular complexity index is 146. The molecule has 0 spiro atoms. The largest absolute Gasteiger partial charge is 0.320 e. The molecule has 52 valence electrons. The van der Waals surface area contributed by atoms with Crippen LogP contribution in [0.15, 0.2) is 0 Å². The number of hydrogen-bond acceptors (Lipinski definition) is 4. The summed E-state index contributed by atoms with van der Waals surface area (Å²) in [5.74, 6) is 0. The summed E-state index contributed by atoms with van der Waals surface area (Å²) in [6.45, 7) is 3.97. The average Bonchev–Trinajstić information content (AvgIpc) is 1.97. The first-order valence-corrected chi connectivity index (χ1v) is 4.84. The van der Waals surface area contributed by atoms with Crippen LogP contribution in [0.3, 0.4) is 0 Å². The van der Waals surface area contributed by atoms with Gasteiger partial charge in [0.25, 0.3) is 0 Å². The van der Waals surface area contributed by atoms with Crippen molar-refractivity contribution in [2.75, 3.05) is 0 Å². The molecule has 1 fully saturated rings. The summed E-state index contributed by atoms with van der Waals surface area (Å²) in [6.07, 6.45) is 0. The second-order valence-corrected chi connectivity index (χ2v) is 5.35. The number of hydrogen-bond donors (Lipinski definition) is 1. The first-order valence-electron chi connectivity index (χ1n) is 2.69. The fraction of sp³-hybridized carbons (Fsp3) is 0.800. The minimum Gasteiger partial charge on any atom is -0.320 e. The van der Waals surface area contributed by atoms with Crippen molar-refractivity contribution >= 4 is 26.7 Å². The van der Waals surface area contributed by atoms with E-state index in [2.05, 4.69) is 0 Å². The van der Waals surface area contributed by atoms with Gasteiger partial charge in [0.15, 0.2) is 0 Å². The van der Waals surface area contributed by atoms with E-state index in [1.807, 2.05) is 13.8 Å². The summed E-state index contributed by atoms with van der Waals surface area (Å²) in [5.41, 5.74) is 5.56. The van der Waals surface area contributed by atoms with Crippen molar-refractivity contribution in [1.82, 2.24) is 0 Å². The molecule has 1 atom stereocenters. The van der Waals surface area contributed by atoms with Crippen molar-refractivity contribution in [3.05, 3.63) is 0 Å². The van der Waals surface area contributed by atoms with Gasteiger partial charge in [-0.2, -0.15) is 0 Å². The van der Waals surface area contributed by atoms with Crippen LogP contribution in [0.4, 0.5) is 0 Å². The van der Waals surface area contributed by atoms with Gasteiger partial charge in [-0.15, -0.1) is 0 Å². The molecule has 0 saturated carbocycles. The summed E-state index contributed by atoms with van der Waals surface area (Å²) in [5, 5.41) is 0.102. The molecule has 0 aliphatic carbocycles. The smallest absolute Gasteiger partial charge is 0.217 e. The van der Waals surface area contributed by atoms with E-state index in [0.29, 0.717) is 0 Å². The van der Waals surface area contributed by atoms with E-state index in [1.54, 1.807) is 10.8 Å². The summed E-state index contributed by atoms with van der Waals surface area (Å²) in [7, 11) is 2.82. The highest BCUT2D eigenvalue weighted by Crippen LogP contribution is 2.46. The summed E-state index contributed by atoms with van der Waals surface area (Å²) in [6, 6.07) is -0.285. The van der Waals surface area contributed by atoms with E-state index in [1.165, 1.54) is 10.8 Å². The first kappa shape index (κ1) is 7.44. The van der Waals surface area contributed by atoms with Crippen molar-refractivity contribution < 1.29 is 4.79 Å². The molecule has 1 aliphatic rings. The van der Waals surface area contributed by atoms with Crippen molar-refractivity contribution in [1.29, 1.82) is 0 Å². The molecule has 1 saturated heterocycles. The minimum absolute atomic E-state index is 0.0677. The Hall–Kier alpha value is 0.330. The van der Waals surface area contributed by atoms with E-state index in [0.717, 1.165) is 0 Å². The number of carbonyl (C=O) groups excluding carboxylic acids is 1. The van der Waals surface area contributed by atoms with Crippen molar-refractivity contribution in [3.8, 4) is 0 Å². The fourth-order valence-corrected chi connectivity index (χ4v) is 3.03. The summed E-state index contributed by atoms with van der Waals surface area (Å²) in [4.78, 5) is 10.8. The molecule has 1 heterocycles. The maximum absolute atomic E-state index is 10.8. The van der Waals surface area contributed by atoms with Gasteiger partial charge < -0.3 is 5.73 Å². The molecule has 0 bridgehead atoms. The lowest BCUT2D eigenvalue weighted by atomic mass is 10.1. The Morgan fingerprint density at radius 1 is 1.67 bits per heavy atom. The molecule has 0 amide bonds. The molecule has 0 aromatic carbocycles. The van der Waals surface area contributed by atoms with Crippen molar-refractivity contribution in [3.63, 3.8) is 0 Å². The van der Waals surface area contributed by atoms with Crippen LogP contribution in [0.2, 0.25) is 0 Å². The van der Waals surface area contributed by atoms with Crippen LogP contribution in [0, 0.1) is 0 Å². The zero-order valence-corrected chi connectivity index (χ0v) is 7.01. The molecular weight excluding hydrogens is 154 g/mol.